The van der Waals surface area contributed by atoms with E-state index in [0.29, 0.717) is 10.9 Å². The van der Waals surface area contributed by atoms with E-state index in [1.54, 1.807) is 12.3 Å². The summed E-state index contributed by atoms with van der Waals surface area (Å²) in [6, 6.07) is 18.8. The van der Waals surface area contributed by atoms with Gasteiger partial charge in [-0.3, -0.25) is 15.1 Å². The minimum Gasteiger partial charge on any atom is -0.494 e. The van der Waals surface area contributed by atoms with E-state index in [1.807, 2.05) is 25.1 Å². The van der Waals surface area contributed by atoms with Gasteiger partial charge >= 0.3 is 0 Å². The molecule has 4 aromatic rings. The number of aryl methyl sites for hydroxylation is 3. The van der Waals surface area contributed by atoms with Crippen molar-refractivity contribution in [3.8, 4) is 11.4 Å². The number of hydrogen-bond acceptors (Lipinski definition) is 5. The molecule has 2 atom stereocenters. The van der Waals surface area contributed by atoms with Gasteiger partial charge in [0, 0.05) is 29.3 Å². The highest BCUT2D eigenvalue weighted by Crippen LogP contribution is 2.44. The minimum absolute atomic E-state index is 0.0187. The number of nitro groups is 1. The van der Waals surface area contributed by atoms with Crippen LogP contribution >= 0.6 is 12.2 Å². The van der Waals surface area contributed by atoms with Crippen molar-refractivity contribution >= 4 is 28.7 Å². The molecule has 5 rings (SSSR count). The maximum atomic E-state index is 11.4. The van der Waals surface area contributed by atoms with Crippen LogP contribution in [0.1, 0.15) is 45.9 Å². The first-order valence-corrected chi connectivity index (χ1v) is 12.7. The average Bonchev–Trinajstić information content (AvgIpc) is 3.40. The highest BCUT2D eigenvalue weighted by atomic mass is 32.1. The van der Waals surface area contributed by atoms with Gasteiger partial charge < -0.3 is 19.5 Å². The van der Waals surface area contributed by atoms with E-state index >= 15 is 0 Å². The summed E-state index contributed by atoms with van der Waals surface area (Å²) >= 11 is 5.90. The zero-order chi connectivity index (χ0) is 27.1. The fourth-order valence-corrected chi connectivity index (χ4v) is 5.59. The molecule has 1 aliphatic heterocycles. The van der Waals surface area contributed by atoms with Crippen LogP contribution in [-0.2, 0) is 0 Å². The van der Waals surface area contributed by atoms with Gasteiger partial charge in [-0.05, 0) is 93.0 Å². The summed E-state index contributed by atoms with van der Waals surface area (Å²) in [7, 11) is 1.52. The van der Waals surface area contributed by atoms with Gasteiger partial charge in [0.25, 0.3) is 5.69 Å². The molecule has 0 saturated carbocycles. The van der Waals surface area contributed by atoms with Crippen LogP contribution in [0.5, 0.6) is 5.75 Å². The highest BCUT2D eigenvalue weighted by molar-refractivity contribution is 7.80. The molecule has 3 heterocycles. The minimum atomic E-state index is -0.420. The number of aromatic nitrogens is 2. The second-order valence-corrected chi connectivity index (χ2v) is 9.93. The molecule has 0 aliphatic carbocycles. The molecular formula is C29H29N5O3S. The number of benzene rings is 2. The van der Waals surface area contributed by atoms with Crippen LogP contribution in [0.3, 0.4) is 0 Å². The van der Waals surface area contributed by atoms with E-state index in [9.17, 15) is 10.1 Å². The fraction of sp³-hybridized carbons (Fsp3) is 0.241. The first kappa shape index (κ1) is 25.4. The molecule has 1 aliphatic rings. The second-order valence-electron chi connectivity index (χ2n) is 9.54. The van der Waals surface area contributed by atoms with Gasteiger partial charge in [-0.1, -0.05) is 12.1 Å². The number of ether oxygens (including phenoxy) is 1. The Morgan fingerprint density at radius 2 is 1.82 bits per heavy atom. The maximum Gasteiger partial charge on any atom is 0.273 e. The molecule has 0 unspecified atom stereocenters. The van der Waals surface area contributed by atoms with Gasteiger partial charge in [0.2, 0.25) is 0 Å². The van der Waals surface area contributed by atoms with Gasteiger partial charge in [-0.2, -0.15) is 0 Å². The van der Waals surface area contributed by atoms with Crippen molar-refractivity contribution in [2.45, 2.75) is 39.8 Å². The number of nitrogens with zero attached hydrogens (tertiary/aromatic N) is 4. The van der Waals surface area contributed by atoms with E-state index in [2.05, 4.69) is 64.8 Å². The molecule has 194 valence electrons. The SMILES string of the molecule is COc1cc([N+](=O)[O-])ccc1-n1c(C)cc([C@H]2[C@H](c3ccccn3)NC(=S)N2c2ccc(C)c(C)c2)c1C. The quantitative estimate of drug-likeness (QED) is 0.182. The van der Waals surface area contributed by atoms with Gasteiger partial charge in [0.15, 0.2) is 5.11 Å². The van der Waals surface area contributed by atoms with E-state index in [1.165, 1.54) is 30.4 Å². The molecule has 1 saturated heterocycles. The lowest BCUT2D eigenvalue weighted by atomic mass is 9.96. The van der Waals surface area contributed by atoms with E-state index in [-0.39, 0.29) is 17.8 Å². The summed E-state index contributed by atoms with van der Waals surface area (Å²) in [5, 5.41) is 15.5. The summed E-state index contributed by atoms with van der Waals surface area (Å²) < 4.78 is 7.66. The second kappa shape index (κ2) is 9.90. The van der Waals surface area contributed by atoms with Gasteiger partial charge in [0.1, 0.15) is 5.75 Å². The number of anilines is 1. The monoisotopic (exact) mass is 527 g/mol. The van der Waals surface area contributed by atoms with Crippen LogP contribution in [0.4, 0.5) is 11.4 Å². The third-order valence-electron chi connectivity index (χ3n) is 7.27. The molecule has 9 heteroatoms. The lowest BCUT2D eigenvalue weighted by Gasteiger charge is -2.28. The molecule has 0 radical (unpaired) electrons. The van der Waals surface area contributed by atoms with E-state index in [4.69, 9.17) is 17.0 Å². The van der Waals surface area contributed by atoms with Crippen LogP contribution in [-0.4, -0.2) is 26.7 Å². The molecule has 2 aromatic carbocycles. The van der Waals surface area contributed by atoms with Crippen molar-refractivity contribution in [3.63, 3.8) is 0 Å². The molecular weight excluding hydrogens is 498 g/mol. The first-order valence-electron chi connectivity index (χ1n) is 12.3. The molecule has 1 fully saturated rings. The van der Waals surface area contributed by atoms with Gasteiger partial charge in [-0.25, -0.2) is 0 Å². The Kier molecular flexibility index (Phi) is 6.62. The predicted octanol–water partition coefficient (Wildman–Crippen LogP) is 6.20. The molecule has 2 aromatic heterocycles. The number of pyridine rings is 1. The summed E-state index contributed by atoms with van der Waals surface area (Å²) in [5.41, 5.74) is 8.05. The van der Waals surface area contributed by atoms with Crippen molar-refractivity contribution in [1.29, 1.82) is 0 Å². The fourth-order valence-electron chi connectivity index (χ4n) is 5.25. The topological polar surface area (TPSA) is 85.5 Å². The largest absolute Gasteiger partial charge is 0.494 e. The molecule has 38 heavy (non-hydrogen) atoms. The number of nitro benzene ring substituents is 1. The number of methoxy groups -OCH3 is 1. The molecule has 8 nitrogen and oxygen atoms in total. The standard InChI is InChI=1S/C29H29N5O3S/c1-17-9-10-21(14-18(17)2)33-28(27(31-29(33)38)24-8-6-7-13-30-24)23-15-19(3)32(20(23)4)25-12-11-22(34(35)36)16-26(25)37-5/h6-16,27-28H,1-5H3,(H,31,38)/t27-,28-/m0/s1. The Morgan fingerprint density at radius 1 is 1.03 bits per heavy atom. The Hall–Kier alpha value is -4.24. The molecule has 0 amide bonds. The van der Waals surface area contributed by atoms with Crippen molar-refractivity contribution in [2.24, 2.45) is 0 Å². The van der Waals surface area contributed by atoms with E-state index in [0.717, 1.165) is 34.0 Å². The van der Waals surface area contributed by atoms with Gasteiger partial charge in [-0.15, -0.1) is 0 Å². The summed E-state index contributed by atoms with van der Waals surface area (Å²) in [5.74, 6) is 0.430. The summed E-state index contributed by atoms with van der Waals surface area (Å²) in [6.07, 6.45) is 1.79. The molecule has 0 bridgehead atoms. The van der Waals surface area contributed by atoms with Crippen LogP contribution in [0.2, 0.25) is 0 Å². The molecule has 1 N–H and O–H groups in total. The Bertz CT molecular complexity index is 1550. The van der Waals surface area contributed by atoms with Crippen molar-refractivity contribution in [3.05, 3.63) is 111 Å². The van der Waals surface area contributed by atoms with Crippen molar-refractivity contribution in [1.82, 2.24) is 14.9 Å². The predicted molar refractivity (Wildman–Crippen MR) is 152 cm³/mol. The lowest BCUT2D eigenvalue weighted by Crippen LogP contribution is -2.29. The average molecular weight is 528 g/mol. The smallest absolute Gasteiger partial charge is 0.273 e. The lowest BCUT2D eigenvalue weighted by molar-refractivity contribution is -0.384. The van der Waals surface area contributed by atoms with Crippen LogP contribution < -0.4 is 15.0 Å². The number of hydrogen-bond donors (Lipinski definition) is 1. The zero-order valence-corrected chi connectivity index (χ0v) is 22.7. The van der Waals surface area contributed by atoms with Crippen LogP contribution in [0, 0.1) is 37.8 Å². The zero-order valence-electron chi connectivity index (χ0n) is 21.9. The van der Waals surface area contributed by atoms with Gasteiger partial charge in [0.05, 0.1) is 41.6 Å². The number of non-ortho nitro benzene ring substituents is 1. The van der Waals surface area contributed by atoms with Crippen LogP contribution in [0.25, 0.3) is 5.69 Å². The third-order valence-corrected chi connectivity index (χ3v) is 7.59. The number of thiocarbonyl (C=S) groups is 1. The highest BCUT2D eigenvalue weighted by Gasteiger charge is 2.42. The Morgan fingerprint density at radius 3 is 2.47 bits per heavy atom. The Labute approximate surface area is 227 Å². The normalized spacial score (nSPS) is 17.0. The maximum absolute atomic E-state index is 11.4. The van der Waals surface area contributed by atoms with Crippen LogP contribution in [0.15, 0.2) is 66.9 Å². The Balaban J connectivity index is 1.69. The number of rotatable bonds is 6. The number of nitrogens with one attached hydrogen (secondary N) is 1. The van der Waals surface area contributed by atoms with Crippen molar-refractivity contribution in [2.75, 3.05) is 12.0 Å². The summed E-state index contributed by atoms with van der Waals surface area (Å²) in [6.45, 7) is 8.27. The first-order chi connectivity index (χ1) is 18.2. The molecule has 0 spiro atoms. The summed E-state index contributed by atoms with van der Waals surface area (Å²) in [4.78, 5) is 17.8. The third kappa shape index (κ3) is 4.28. The van der Waals surface area contributed by atoms with E-state index < -0.39 is 4.92 Å². The van der Waals surface area contributed by atoms with Crippen molar-refractivity contribution < 1.29 is 9.66 Å².